The first-order valence-electron chi connectivity index (χ1n) is 7.73. The molecule has 24 heavy (non-hydrogen) atoms. The number of fused-ring (bicyclic) bond motifs is 4. The second-order valence-electron chi connectivity index (χ2n) is 5.70. The van der Waals surface area contributed by atoms with E-state index in [2.05, 4.69) is 50.3 Å². The van der Waals surface area contributed by atoms with Crippen molar-refractivity contribution in [3.8, 4) is 11.1 Å². The fraction of sp³-hybridized carbons (Fsp3) is 0. The lowest BCUT2D eigenvalue weighted by Crippen LogP contribution is -1.88. The predicted molar refractivity (Wildman–Crippen MR) is 95.6 cm³/mol. The van der Waals surface area contributed by atoms with Crippen LogP contribution in [0.1, 0.15) is 0 Å². The van der Waals surface area contributed by atoms with E-state index in [0.29, 0.717) is 0 Å². The van der Waals surface area contributed by atoms with Crippen LogP contribution in [0.3, 0.4) is 0 Å². The summed E-state index contributed by atoms with van der Waals surface area (Å²) in [4.78, 5) is 17.8. The van der Waals surface area contributed by atoms with Crippen molar-refractivity contribution in [3.05, 3.63) is 73.3 Å². The summed E-state index contributed by atoms with van der Waals surface area (Å²) in [5.74, 6) is 0. The Bertz CT molecular complexity index is 1210. The molecule has 0 aliphatic rings. The number of pyridine rings is 2. The summed E-state index contributed by atoms with van der Waals surface area (Å²) in [6.45, 7) is 0. The van der Waals surface area contributed by atoms with Crippen molar-refractivity contribution >= 4 is 32.8 Å². The molecule has 3 aromatic heterocycles. The minimum absolute atomic E-state index is 0.885. The summed E-state index contributed by atoms with van der Waals surface area (Å²) in [7, 11) is 0. The number of hydrogen-bond donors (Lipinski definition) is 0. The SMILES string of the molecule is c1cnc2c(c1)ccc1cc(-c3ccc4nccnc4c3)cnc12. The maximum Gasteiger partial charge on any atom is 0.0964 e. The van der Waals surface area contributed by atoms with Gasteiger partial charge >= 0.3 is 0 Å². The normalized spacial score (nSPS) is 11.3. The molecular weight excluding hydrogens is 296 g/mol. The third kappa shape index (κ3) is 2.01. The van der Waals surface area contributed by atoms with Crippen molar-refractivity contribution in [1.29, 1.82) is 0 Å². The second-order valence-corrected chi connectivity index (χ2v) is 5.70. The van der Waals surface area contributed by atoms with Gasteiger partial charge in [-0.25, -0.2) is 0 Å². The molecule has 0 saturated heterocycles. The van der Waals surface area contributed by atoms with Gasteiger partial charge in [-0.05, 0) is 29.8 Å². The van der Waals surface area contributed by atoms with E-state index in [1.807, 2.05) is 24.4 Å². The van der Waals surface area contributed by atoms with E-state index in [1.165, 1.54) is 0 Å². The molecule has 0 amide bonds. The lowest BCUT2D eigenvalue weighted by molar-refractivity contribution is 1.29. The maximum atomic E-state index is 4.67. The van der Waals surface area contributed by atoms with Crippen LogP contribution in [-0.4, -0.2) is 19.9 Å². The smallest absolute Gasteiger partial charge is 0.0964 e. The highest BCUT2D eigenvalue weighted by molar-refractivity contribution is 6.03. The van der Waals surface area contributed by atoms with Crippen molar-refractivity contribution < 1.29 is 0 Å². The van der Waals surface area contributed by atoms with E-state index in [1.54, 1.807) is 18.6 Å². The monoisotopic (exact) mass is 308 g/mol. The first-order chi connectivity index (χ1) is 11.9. The molecule has 3 heterocycles. The Morgan fingerprint density at radius 1 is 0.542 bits per heavy atom. The van der Waals surface area contributed by atoms with Gasteiger partial charge in [-0.3, -0.25) is 19.9 Å². The Hall–Kier alpha value is -3.40. The molecule has 4 nitrogen and oxygen atoms in total. The topological polar surface area (TPSA) is 51.6 Å². The Morgan fingerprint density at radius 2 is 1.38 bits per heavy atom. The van der Waals surface area contributed by atoms with Crippen LogP contribution in [-0.2, 0) is 0 Å². The molecule has 5 aromatic rings. The van der Waals surface area contributed by atoms with Gasteiger partial charge < -0.3 is 0 Å². The van der Waals surface area contributed by atoms with Crippen molar-refractivity contribution in [1.82, 2.24) is 19.9 Å². The van der Waals surface area contributed by atoms with Gasteiger partial charge in [0.1, 0.15) is 0 Å². The van der Waals surface area contributed by atoms with E-state index in [-0.39, 0.29) is 0 Å². The Labute approximate surface area is 137 Å². The quantitative estimate of drug-likeness (QED) is 0.431. The van der Waals surface area contributed by atoms with Crippen molar-refractivity contribution in [2.45, 2.75) is 0 Å². The predicted octanol–water partition coefficient (Wildman–Crippen LogP) is 4.39. The van der Waals surface area contributed by atoms with Crippen molar-refractivity contribution in [2.24, 2.45) is 0 Å². The van der Waals surface area contributed by atoms with Gasteiger partial charge in [0.2, 0.25) is 0 Å². The number of aromatic nitrogens is 4. The summed E-state index contributed by atoms with van der Waals surface area (Å²) in [5.41, 5.74) is 5.78. The summed E-state index contributed by atoms with van der Waals surface area (Å²) >= 11 is 0. The molecule has 0 unspecified atom stereocenters. The molecule has 0 fully saturated rings. The van der Waals surface area contributed by atoms with Crippen LogP contribution in [0.15, 0.2) is 73.3 Å². The molecule has 2 aromatic carbocycles. The summed E-state index contributed by atoms with van der Waals surface area (Å²) in [6, 6.07) is 16.4. The Balaban J connectivity index is 1.72. The lowest BCUT2D eigenvalue weighted by atomic mass is 10.0. The van der Waals surface area contributed by atoms with Crippen LogP contribution in [0.2, 0.25) is 0 Å². The molecule has 0 bridgehead atoms. The summed E-state index contributed by atoms with van der Waals surface area (Å²) in [5, 5.41) is 2.18. The van der Waals surface area contributed by atoms with Gasteiger partial charge in [-0.2, -0.15) is 0 Å². The third-order valence-electron chi connectivity index (χ3n) is 4.23. The molecule has 0 N–H and O–H groups in total. The molecule has 0 saturated carbocycles. The summed E-state index contributed by atoms with van der Waals surface area (Å²) in [6.07, 6.45) is 7.12. The number of benzene rings is 2. The Kier molecular flexibility index (Phi) is 2.76. The van der Waals surface area contributed by atoms with E-state index >= 15 is 0 Å². The van der Waals surface area contributed by atoms with Crippen molar-refractivity contribution in [2.75, 3.05) is 0 Å². The van der Waals surface area contributed by atoms with Gasteiger partial charge in [0.05, 0.1) is 22.1 Å². The number of rotatable bonds is 1. The van der Waals surface area contributed by atoms with Crippen molar-refractivity contribution in [3.63, 3.8) is 0 Å². The van der Waals surface area contributed by atoms with E-state index < -0.39 is 0 Å². The minimum atomic E-state index is 0.885. The first-order valence-corrected chi connectivity index (χ1v) is 7.73. The van der Waals surface area contributed by atoms with E-state index in [0.717, 1.165) is 44.0 Å². The van der Waals surface area contributed by atoms with E-state index in [4.69, 9.17) is 0 Å². The van der Waals surface area contributed by atoms with Crippen LogP contribution in [0.25, 0.3) is 44.0 Å². The molecular formula is C20H12N4. The van der Waals surface area contributed by atoms with Gasteiger partial charge in [0, 0.05) is 41.1 Å². The van der Waals surface area contributed by atoms with Gasteiger partial charge in [0.15, 0.2) is 0 Å². The molecule has 4 heteroatoms. The van der Waals surface area contributed by atoms with Gasteiger partial charge in [0.25, 0.3) is 0 Å². The van der Waals surface area contributed by atoms with Gasteiger partial charge in [-0.1, -0.05) is 24.3 Å². The molecule has 0 aliphatic heterocycles. The molecule has 0 atom stereocenters. The highest BCUT2D eigenvalue weighted by atomic mass is 14.8. The zero-order valence-corrected chi connectivity index (χ0v) is 12.7. The zero-order chi connectivity index (χ0) is 15.9. The van der Waals surface area contributed by atoms with Crippen LogP contribution in [0, 0.1) is 0 Å². The maximum absolute atomic E-state index is 4.67. The van der Waals surface area contributed by atoms with Crippen LogP contribution >= 0.6 is 0 Å². The highest BCUT2D eigenvalue weighted by Crippen LogP contribution is 2.27. The number of hydrogen-bond acceptors (Lipinski definition) is 4. The summed E-state index contributed by atoms with van der Waals surface area (Å²) < 4.78 is 0. The highest BCUT2D eigenvalue weighted by Gasteiger charge is 2.06. The molecule has 0 spiro atoms. The van der Waals surface area contributed by atoms with Crippen LogP contribution in [0.4, 0.5) is 0 Å². The van der Waals surface area contributed by atoms with Gasteiger partial charge in [-0.15, -0.1) is 0 Å². The third-order valence-corrected chi connectivity index (χ3v) is 4.23. The largest absolute Gasteiger partial charge is 0.254 e. The minimum Gasteiger partial charge on any atom is -0.254 e. The second kappa shape index (κ2) is 5.06. The fourth-order valence-electron chi connectivity index (χ4n) is 3.04. The average molecular weight is 308 g/mol. The molecule has 112 valence electrons. The zero-order valence-electron chi connectivity index (χ0n) is 12.7. The molecule has 0 aliphatic carbocycles. The van der Waals surface area contributed by atoms with Crippen LogP contribution < -0.4 is 0 Å². The average Bonchev–Trinajstić information content (AvgIpc) is 2.67. The first kappa shape index (κ1) is 13.1. The van der Waals surface area contributed by atoms with E-state index in [9.17, 15) is 0 Å². The lowest BCUT2D eigenvalue weighted by Gasteiger charge is -2.06. The molecule has 0 radical (unpaired) electrons. The standard InChI is InChI=1S/C20H12N4/c1-2-13-3-4-15-10-16(12-24-20(15)19(13)23-7-1)14-5-6-17-18(11-14)22-9-8-21-17/h1-12H. The fourth-order valence-corrected chi connectivity index (χ4v) is 3.04. The van der Waals surface area contributed by atoms with Crippen LogP contribution in [0.5, 0.6) is 0 Å². The molecule has 5 rings (SSSR count). The number of nitrogens with zero attached hydrogens (tertiary/aromatic N) is 4. The Morgan fingerprint density at radius 3 is 2.33 bits per heavy atom.